The van der Waals surface area contributed by atoms with E-state index in [4.69, 9.17) is 14.1 Å². The molecule has 0 aliphatic carbocycles. The van der Waals surface area contributed by atoms with Gasteiger partial charge in [0.25, 0.3) is 0 Å². The van der Waals surface area contributed by atoms with Gasteiger partial charge in [0.2, 0.25) is 0 Å². The van der Waals surface area contributed by atoms with Gasteiger partial charge in [-0.15, -0.1) is 0 Å². The van der Waals surface area contributed by atoms with Gasteiger partial charge in [-0.25, -0.2) is 9.78 Å². The van der Waals surface area contributed by atoms with E-state index in [2.05, 4.69) is 21.3 Å². The Morgan fingerprint density at radius 3 is 2.22 bits per heavy atom. The van der Waals surface area contributed by atoms with Crippen molar-refractivity contribution in [1.82, 2.24) is 34.1 Å². The number of ether oxygens (including phenoxy) is 1. The first-order chi connectivity index (χ1) is 17.3. The zero-order valence-corrected chi connectivity index (χ0v) is 20.3. The maximum atomic E-state index is 13.6. The fourth-order valence-electron chi connectivity index (χ4n) is 5.20. The van der Waals surface area contributed by atoms with Gasteiger partial charge in [0.15, 0.2) is 11.2 Å². The predicted octanol–water partition coefficient (Wildman–Crippen LogP) is 3.34. The van der Waals surface area contributed by atoms with Crippen molar-refractivity contribution in [3.63, 3.8) is 0 Å². The summed E-state index contributed by atoms with van der Waals surface area (Å²) in [4.78, 5) is 22.9. The number of fused-ring (bicyclic) bond motifs is 3. The van der Waals surface area contributed by atoms with Crippen LogP contribution < -0.4 is 5.69 Å². The van der Waals surface area contributed by atoms with Crippen molar-refractivity contribution in [2.24, 2.45) is 14.1 Å². The average molecular weight is 485 g/mol. The number of nitriles is 1. The van der Waals surface area contributed by atoms with Crippen LogP contribution in [0.3, 0.4) is 0 Å². The van der Waals surface area contributed by atoms with Crippen molar-refractivity contribution in [2.45, 2.75) is 44.9 Å². The first-order valence-electron chi connectivity index (χ1n) is 11.8. The molecule has 36 heavy (non-hydrogen) atoms. The van der Waals surface area contributed by atoms with E-state index in [0.29, 0.717) is 63.1 Å². The SMILES string of the molecule is C[C@@H]1C[C@H](n2c(=O)nc(-c3cnn(C)c3)c3oc4cc(C#N)c(-c5cnn(C)c5)nc4c32)C[C@H](C)O1. The lowest BCUT2D eigenvalue weighted by atomic mass is 9.99. The second kappa shape index (κ2) is 8.13. The van der Waals surface area contributed by atoms with Gasteiger partial charge in [-0.05, 0) is 26.7 Å². The molecule has 11 heteroatoms. The van der Waals surface area contributed by atoms with E-state index in [9.17, 15) is 10.1 Å². The lowest BCUT2D eigenvalue weighted by Crippen LogP contribution is -2.36. The number of hydrogen-bond donors (Lipinski definition) is 0. The van der Waals surface area contributed by atoms with Crippen LogP contribution in [-0.4, -0.2) is 46.3 Å². The van der Waals surface area contributed by atoms with Crippen molar-refractivity contribution in [3.05, 3.63) is 46.9 Å². The minimum absolute atomic E-state index is 0.0130. The first-order valence-corrected chi connectivity index (χ1v) is 11.8. The van der Waals surface area contributed by atoms with Crippen molar-refractivity contribution in [1.29, 1.82) is 5.26 Å². The lowest BCUT2D eigenvalue weighted by molar-refractivity contribution is -0.0486. The molecule has 0 N–H and O–H groups in total. The molecule has 1 aliphatic heterocycles. The summed E-state index contributed by atoms with van der Waals surface area (Å²) in [6.07, 6.45) is 8.18. The summed E-state index contributed by atoms with van der Waals surface area (Å²) >= 11 is 0. The van der Waals surface area contributed by atoms with E-state index in [-0.39, 0.29) is 23.9 Å². The third-order valence-electron chi connectivity index (χ3n) is 6.62. The van der Waals surface area contributed by atoms with E-state index < -0.39 is 0 Å². The summed E-state index contributed by atoms with van der Waals surface area (Å²) in [5, 5.41) is 18.3. The maximum absolute atomic E-state index is 13.6. The molecular formula is C25H24N8O3. The Morgan fingerprint density at radius 1 is 1.00 bits per heavy atom. The summed E-state index contributed by atoms with van der Waals surface area (Å²) in [5.74, 6) is 0. The highest BCUT2D eigenvalue weighted by molar-refractivity contribution is 6.05. The van der Waals surface area contributed by atoms with E-state index in [1.807, 2.05) is 13.8 Å². The first kappa shape index (κ1) is 22.2. The molecule has 5 aromatic heterocycles. The standard InChI is InChI=1S/C25H24N8O3/c1-13-5-18(6-14(2)35-13)33-23-22-19(7-15(8-26)20(29-22)16-9-27-31(3)11-16)36-24(23)21(30-25(33)34)17-10-28-32(4)12-17/h7,9-14,18H,5-6H2,1-4H3/t13-,14+,18+. The largest absolute Gasteiger partial charge is 0.450 e. The minimum Gasteiger partial charge on any atom is -0.450 e. The van der Waals surface area contributed by atoms with Crippen LogP contribution in [0, 0.1) is 11.3 Å². The second-order valence-corrected chi connectivity index (χ2v) is 9.42. The lowest BCUT2D eigenvalue weighted by Gasteiger charge is -2.33. The Bertz CT molecular complexity index is 1720. The Morgan fingerprint density at radius 2 is 1.64 bits per heavy atom. The van der Waals surface area contributed by atoms with Crippen LogP contribution in [0.25, 0.3) is 44.7 Å². The summed E-state index contributed by atoms with van der Waals surface area (Å²) in [6, 6.07) is 3.74. The van der Waals surface area contributed by atoms with Gasteiger partial charge in [-0.2, -0.15) is 20.4 Å². The predicted molar refractivity (Wildman–Crippen MR) is 131 cm³/mol. The summed E-state index contributed by atoms with van der Waals surface area (Å²) < 4.78 is 17.2. The molecule has 3 atom stereocenters. The highest BCUT2D eigenvalue weighted by Crippen LogP contribution is 2.38. The van der Waals surface area contributed by atoms with Crippen LogP contribution in [0.2, 0.25) is 0 Å². The molecule has 1 saturated heterocycles. The normalized spacial score (nSPS) is 20.2. The molecule has 0 aromatic carbocycles. The van der Waals surface area contributed by atoms with Crippen LogP contribution in [0.15, 0.2) is 40.1 Å². The van der Waals surface area contributed by atoms with Crippen molar-refractivity contribution in [3.8, 4) is 28.6 Å². The van der Waals surface area contributed by atoms with Crippen LogP contribution in [0.1, 0.15) is 38.3 Å². The molecule has 0 saturated carbocycles. The van der Waals surface area contributed by atoms with E-state index >= 15 is 0 Å². The summed E-state index contributed by atoms with van der Waals surface area (Å²) in [5.41, 5.74) is 4.11. The molecule has 11 nitrogen and oxygen atoms in total. The molecule has 1 fully saturated rings. The van der Waals surface area contributed by atoms with Crippen LogP contribution in [0.4, 0.5) is 0 Å². The Balaban J connectivity index is 1.71. The van der Waals surface area contributed by atoms with Gasteiger partial charge < -0.3 is 9.15 Å². The monoisotopic (exact) mass is 484 g/mol. The third-order valence-corrected chi connectivity index (χ3v) is 6.62. The van der Waals surface area contributed by atoms with Crippen molar-refractivity contribution < 1.29 is 9.15 Å². The highest BCUT2D eigenvalue weighted by atomic mass is 16.5. The molecule has 6 rings (SSSR count). The summed E-state index contributed by atoms with van der Waals surface area (Å²) in [7, 11) is 3.60. The van der Waals surface area contributed by atoms with Gasteiger partial charge in [0.05, 0.1) is 35.9 Å². The minimum atomic E-state index is -0.385. The molecule has 1 aliphatic rings. The van der Waals surface area contributed by atoms with Gasteiger partial charge in [0.1, 0.15) is 22.8 Å². The molecule has 0 unspecified atom stereocenters. The van der Waals surface area contributed by atoms with Crippen molar-refractivity contribution >= 4 is 22.2 Å². The molecule has 0 amide bonds. The van der Waals surface area contributed by atoms with Gasteiger partial charge in [-0.3, -0.25) is 13.9 Å². The number of rotatable bonds is 3. The zero-order chi connectivity index (χ0) is 25.1. The number of furan rings is 1. The zero-order valence-electron chi connectivity index (χ0n) is 20.3. The van der Waals surface area contributed by atoms with Gasteiger partial charge >= 0.3 is 5.69 Å². The smallest absolute Gasteiger partial charge is 0.349 e. The average Bonchev–Trinajstić information content (AvgIpc) is 3.55. The van der Waals surface area contributed by atoms with E-state index in [0.717, 1.165) is 0 Å². The highest BCUT2D eigenvalue weighted by Gasteiger charge is 2.31. The Hall–Kier alpha value is -4.30. The molecule has 0 bridgehead atoms. The van der Waals surface area contributed by atoms with Crippen LogP contribution in [-0.2, 0) is 18.8 Å². The topological polar surface area (TPSA) is 130 Å². The van der Waals surface area contributed by atoms with Gasteiger partial charge in [0, 0.05) is 49.7 Å². The Labute approximate surface area is 205 Å². The van der Waals surface area contributed by atoms with Gasteiger partial charge in [-0.1, -0.05) is 0 Å². The molecule has 0 radical (unpaired) electrons. The summed E-state index contributed by atoms with van der Waals surface area (Å²) in [6.45, 7) is 4.02. The number of nitrogens with zero attached hydrogens (tertiary/aromatic N) is 8. The number of pyridine rings is 1. The maximum Gasteiger partial charge on any atom is 0.349 e. The van der Waals surface area contributed by atoms with E-state index in [1.165, 1.54) is 0 Å². The second-order valence-electron chi connectivity index (χ2n) is 9.42. The van der Waals surface area contributed by atoms with Crippen molar-refractivity contribution in [2.75, 3.05) is 0 Å². The van der Waals surface area contributed by atoms with E-state index in [1.54, 1.807) is 58.9 Å². The molecule has 0 spiro atoms. The quantitative estimate of drug-likeness (QED) is 0.381. The molecular weight excluding hydrogens is 460 g/mol. The van der Waals surface area contributed by atoms with Crippen LogP contribution in [0.5, 0.6) is 0 Å². The third kappa shape index (κ3) is 3.49. The number of aryl methyl sites for hydroxylation is 2. The molecule has 6 heterocycles. The fraction of sp³-hybridized carbons (Fsp3) is 0.360. The molecule has 182 valence electrons. The number of aromatic nitrogens is 7. The number of hydrogen-bond acceptors (Lipinski definition) is 8. The Kier molecular flexibility index (Phi) is 5.01. The van der Waals surface area contributed by atoms with Crippen LogP contribution >= 0.6 is 0 Å². The fourth-order valence-corrected chi connectivity index (χ4v) is 5.20. The molecule has 5 aromatic rings.